The summed E-state index contributed by atoms with van der Waals surface area (Å²) in [5.74, 6) is 2.36. The van der Waals surface area contributed by atoms with Gasteiger partial charge in [-0.2, -0.15) is 11.8 Å². The van der Waals surface area contributed by atoms with Crippen LogP contribution in [0.3, 0.4) is 0 Å². The number of thioether (sulfide) groups is 1. The number of rotatable bonds is 2. The summed E-state index contributed by atoms with van der Waals surface area (Å²) >= 11 is 10.2. The van der Waals surface area contributed by atoms with Crippen molar-refractivity contribution in [3.8, 4) is 0 Å². The third-order valence-corrected chi connectivity index (χ3v) is 6.73. The van der Waals surface area contributed by atoms with Gasteiger partial charge in [0.15, 0.2) is 0 Å². The molecule has 0 saturated carbocycles. The van der Waals surface area contributed by atoms with E-state index in [0.29, 0.717) is 6.04 Å². The first-order chi connectivity index (χ1) is 7.66. The van der Waals surface area contributed by atoms with Crippen molar-refractivity contribution in [2.75, 3.05) is 11.5 Å². The molecule has 1 saturated heterocycles. The van der Waals surface area contributed by atoms with Crippen LogP contribution in [-0.4, -0.2) is 23.5 Å². The number of amides is 1. The van der Waals surface area contributed by atoms with Gasteiger partial charge in [0, 0.05) is 10.5 Å². The fourth-order valence-electron chi connectivity index (χ4n) is 1.56. The minimum Gasteiger partial charge on any atom is -0.349 e. The molecule has 2 heterocycles. The van der Waals surface area contributed by atoms with E-state index in [9.17, 15) is 4.79 Å². The maximum atomic E-state index is 11.9. The van der Waals surface area contributed by atoms with Crippen LogP contribution in [0, 0.1) is 0 Å². The Morgan fingerprint density at radius 2 is 2.06 bits per heavy atom. The van der Waals surface area contributed by atoms with Crippen molar-refractivity contribution in [1.29, 1.82) is 0 Å². The van der Waals surface area contributed by atoms with Gasteiger partial charge in [-0.05, 0) is 62.3 Å². The Labute approximate surface area is 120 Å². The zero-order valence-corrected chi connectivity index (χ0v) is 13.3. The van der Waals surface area contributed by atoms with E-state index >= 15 is 0 Å². The molecule has 1 aliphatic heterocycles. The lowest BCUT2D eigenvalue weighted by Gasteiger charge is -2.22. The van der Waals surface area contributed by atoms with E-state index in [4.69, 9.17) is 0 Å². The van der Waals surface area contributed by atoms with E-state index in [1.165, 1.54) is 11.3 Å². The fraction of sp³-hybridized carbons (Fsp3) is 0.500. The Balaban J connectivity index is 1.96. The molecule has 88 valence electrons. The number of carbonyl (C=O) groups excluding carboxylic acids is 1. The Hall–Kier alpha value is 0.480. The molecule has 6 heteroatoms. The molecule has 0 aromatic carbocycles. The summed E-state index contributed by atoms with van der Waals surface area (Å²) in [5, 5.41) is 3.09. The van der Waals surface area contributed by atoms with Crippen molar-refractivity contribution in [1.82, 2.24) is 5.32 Å². The van der Waals surface area contributed by atoms with Crippen LogP contribution in [0.15, 0.2) is 14.3 Å². The molecule has 0 aliphatic carbocycles. The van der Waals surface area contributed by atoms with Gasteiger partial charge >= 0.3 is 0 Å². The molecule has 2 rings (SSSR count). The molecular formula is C10H11Br2NOS2. The molecule has 1 amide bonds. The van der Waals surface area contributed by atoms with Crippen LogP contribution in [0.5, 0.6) is 0 Å². The minimum atomic E-state index is 0.0494. The lowest BCUT2D eigenvalue weighted by atomic mass is 10.1. The predicted molar refractivity (Wildman–Crippen MR) is 77.5 cm³/mol. The van der Waals surface area contributed by atoms with Crippen LogP contribution >= 0.6 is 55.0 Å². The summed E-state index contributed by atoms with van der Waals surface area (Å²) < 4.78 is 1.92. The van der Waals surface area contributed by atoms with E-state index in [0.717, 1.165) is 37.5 Å². The number of nitrogens with one attached hydrogen (secondary N) is 1. The minimum absolute atomic E-state index is 0.0494. The highest BCUT2D eigenvalue weighted by molar-refractivity contribution is 9.13. The van der Waals surface area contributed by atoms with Crippen molar-refractivity contribution in [2.45, 2.75) is 18.9 Å². The van der Waals surface area contributed by atoms with Gasteiger partial charge in [0.25, 0.3) is 5.91 Å². The third-order valence-electron chi connectivity index (χ3n) is 2.43. The normalized spacial score (nSPS) is 17.4. The van der Waals surface area contributed by atoms with E-state index < -0.39 is 0 Å². The number of hydrogen-bond acceptors (Lipinski definition) is 3. The zero-order chi connectivity index (χ0) is 11.5. The second-order valence-electron chi connectivity index (χ2n) is 3.59. The summed E-state index contributed by atoms with van der Waals surface area (Å²) in [4.78, 5) is 12.7. The lowest BCUT2D eigenvalue weighted by Crippen LogP contribution is -2.36. The summed E-state index contributed by atoms with van der Waals surface area (Å²) in [6.07, 6.45) is 2.17. The van der Waals surface area contributed by atoms with Gasteiger partial charge in [-0.25, -0.2) is 0 Å². The molecule has 2 nitrogen and oxygen atoms in total. The van der Waals surface area contributed by atoms with Crippen molar-refractivity contribution in [2.24, 2.45) is 0 Å². The average molecular weight is 385 g/mol. The van der Waals surface area contributed by atoms with Gasteiger partial charge in [0.1, 0.15) is 0 Å². The van der Waals surface area contributed by atoms with E-state index in [-0.39, 0.29) is 5.91 Å². The highest BCUT2D eigenvalue weighted by Gasteiger charge is 2.18. The molecule has 0 bridgehead atoms. The predicted octanol–water partition coefficient (Wildman–Crippen LogP) is 3.90. The van der Waals surface area contributed by atoms with Gasteiger partial charge in [-0.3, -0.25) is 4.79 Å². The first kappa shape index (κ1) is 12.9. The smallest absolute Gasteiger partial charge is 0.261 e. The Morgan fingerprint density at radius 3 is 2.62 bits per heavy atom. The van der Waals surface area contributed by atoms with E-state index in [2.05, 4.69) is 37.2 Å². The maximum Gasteiger partial charge on any atom is 0.261 e. The highest BCUT2D eigenvalue weighted by Crippen LogP contribution is 2.32. The summed E-state index contributed by atoms with van der Waals surface area (Å²) in [7, 11) is 0. The van der Waals surface area contributed by atoms with Crippen LogP contribution in [0.4, 0.5) is 0 Å². The molecule has 16 heavy (non-hydrogen) atoms. The van der Waals surface area contributed by atoms with Gasteiger partial charge in [-0.1, -0.05) is 0 Å². The second-order valence-corrected chi connectivity index (χ2v) is 8.04. The van der Waals surface area contributed by atoms with Crippen molar-refractivity contribution in [3.05, 3.63) is 19.2 Å². The SMILES string of the molecule is O=C(NC1CCSCC1)c1cc(Br)c(Br)s1. The molecule has 1 fully saturated rings. The van der Waals surface area contributed by atoms with Crippen molar-refractivity contribution in [3.63, 3.8) is 0 Å². The van der Waals surface area contributed by atoms with Gasteiger partial charge in [0.05, 0.1) is 8.66 Å². The number of halogens is 2. The first-order valence-electron chi connectivity index (χ1n) is 5.00. The fourth-order valence-corrected chi connectivity index (χ4v) is 4.60. The third kappa shape index (κ3) is 3.24. The zero-order valence-electron chi connectivity index (χ0n) is 8.46. The van der Waals surface area contributed by atoms with Crippen LogP contribution in [0.2, 0.25) is 0 Å². The molecule has 0 atom stereocenters. The molecular weight excluding hydrogens is 374 g/mol. The number of carbonyl (C=O) groups is 1. The monoisotopic (exact) mass is 383 g/mol. The van der Waals surface area contributed by atoms with Crippen LogP contribution in [-0.2, 0) is 0 Å². The standard InChI is InChI=1S/C10H11Br2NOS2/c11-7-5-8(16-9(7)12)10(14)13-6-1-3-15-4-2-6/h5-6H,1-4H2,(H,13,14). The van der Waals surface area contributed by atoms with Crippen molar-refractivity contribution >= 4 is 60.9 Å². The van der Waals surface area contributed by atoms with Crippen molar-refractivity contribution < 1.29 is 4.79 Å². The van der Waals surface area contributed by atoms with E-state index in [1.807, 2.05) is 17.8 Å². The summed E-state index contributed by atoms with van der Waals surface area (Å²) in [6, 6.07) is 2.22. The molecule has 0 unspecified atom stereocenters. The van der Waals surface area contributed by atoms with Gasteiger partial charge < -0.3 is 5.32 Å². The van der Waals surface area contributed by atoms with Crippen LogP contribution < -0.4 is 5.32 Å². The summed E-state index contributed by atoms with van der Waals surface area (Å²) in [6.45, 7) is 0. The Kier molecular flexibility index (Phi) is 4.76. The molecule has 0 spiro atoms. The van der Waals surface area contributed by atoms with Crippen LogP contribution in [0.25, 0.3) is 0 Å². The molecule has 1 aromatic rings. The molecule has 1 aromatic heterocycles. The molecule has 1 aliphatic rings. The number of hydrogen-bond donors (Lipinski definition) is 1. The average Bonchev–Trinajstić information content (AvgIpc) is 2.61. The highest BCUT2D eigenvalue weighted by atomic mass is 79.9. The molecule has 1 N–H and O–H groups in total. The molecule has 0 radical (unpaired) electrons. The maximum absolute atomic E-state index is 11.9. The topological polar surface area (TPSA) is 29.1 Å². The first-order valence-corrected chi connectivity index (χ1v) is 8.56. The summed E-state index contributed by atoms with van der Waals surface area (Å²) in [5.41, 5.74) is 0. The Bertz CT molecular complexity index is 369. The Morgan fingerprint density at radius 1 is 1.38 bits per heavy atom. The van der Waals surface area contributed by atoms with Gasteiger partial charge in [0.2, 0.25) is 0 Å². The quantitative estimate of drug-likeness (QED) is 0.837. The number of thiophene rings is 1. The largest absolute Gasteiger partial charge is 0.349 e. The van der Waals surface area contributed by atoms with Crippen LogP contribution in [0.1, 0.15) is 22.5 Å². The van der Waals surface area contributed by atoms with Gasteiger partial charge in [-0.15, -0.1) is 11.3 Å². The van der Waals surface area contributed by atoms with E-state index in [1.54, 1.807) is 0 Å². The lowest BCUT2D eigenvalue weighted by molar-refractivity contribution is 0.0939. The second kappa shape index (κ2) is 5.89.